The maximum absolute atomic E-state index is 5.32. The molecule has 14 heavy (non-hydrogen) atoms. The zero-order valence-electron chi connectivity index (χ0n) is 8.11. The van der Waals surface area contributed by atoms with E-state index in [1.165, 1.54) is 0 Å². The fourth-order valence-corrected chi connectivity index (χ4v) is 1.43. The first kappa shape index (κ1) is 8.83. The number of hydrazine groups is 1. The summed E-state index contributed by atoms with van der Waals surface area (Å²) in [5, 5.41) is 0. The van der Waals surface area contributed by atoms with Crippen molar-refractivity contribution < 1.29 is 4.74 Å². The molecular formula is C9H12N4O. The second-order valence-corrected chi connectivity index (χ2v) is 2.99. The van der Waals surface area contributed by atoms with Crippen LogP contribution < -0.4 is 16.0 Å². The van der Waals surface area contributed by atoms with E-state index in [0.717, 1.165) is 16.8 Å². The van der Waals surface area contributed by atoms with Gasteiger partial charge in [0.1, 0.15) is 5.75 Å². The first-order chi connectivity index (χ1) is 6.76. The van der Waals surface area contributed by atoms with Crippen LogP contribution in [0.15, 0.2) is 18.2 Å². The van der Waals surface area contributed by atoms with Crippen LogP contribution in [-0.2, 0) is 7.05 Å². The maximum Gasteiger partial charge on any atom is 0.218 e. The largest absolute Gasteiger partial charge is 0.497 e. The van der Waals surface area contributed by atoms with Gasteiger partial charge in [0.25, 0.3) is 0 Å². The van der Waals surface area contributed by atoms with Gasteiger partial charge in [-0.1, -0.05) is 0 Å². The van der Waals surface area contributed by atoms with Gasteiger partial charge in [0.15, 0.2) is 0 Å². The summed E-state index contributed by atoms with van der Waals surface area (Å²) in [5.74, 6) is 6.76. The molecule has 5 nitrogen and oxygen atoms in total. The van der Waals surface area contributed by atoms with Crippen LogP contribution in [0, 0.1) is 0 Å². The Hall–Kier alpha value is -1.75. The highest BCUT2D eigenvalue weighted by atomic mass is 16.5. The first-order valence-corrected chi connectivity index (χ1v) is 4.23. The highest BCUT2D eigenvalue weighted by Crippen LogP contribution is 2.22. The van der Waals surface area contributed by atoms with Crippen molar-refractivity contribution in [1.29, 1.82) is 0 Å². The van der Waals surface area contributed by atoms with Crippen molar-refractivity contribution in [3.63, 3.8) is 0 Å². The highest BCUT2D eigenvalue weighted by Gasteiger charge is 2.06. The van der Waals surface area contributed by atoms with E-state index in [1.54, 1.807) is 7.11 Å². The van der Waals surface area contributed by atoms with Crippen molar-refractivity contribution in [3.05, 3.63) is 18.2 Å². The van der Waals surface area contributed by atoms with Crippen LogP contribution in [0.4, 0.5) is 5.95 Å². The summed E-state index contributed by atoms with van der Waals surface area (Å²) in [6.45, 7) is 0. The Labute approximate surface area is 81.5 Å². The van der Waals surface area contributed by atoms with Gasteiger partial charge in [0.05, 0.1) is 18.1 Å². The van der Waals surface area contributed by atoms with Gasteiger partial charge in [-0.3, -0.25) is 5.43 Å². The van der Waals surface area contributed by atoms with E-state index in [2.05, 4.69) is 10.4 Å². The smallest absolute Gasteiger partial charge is 0.218 e. The number of nitrogen functional groups attached to an aromatic ring is 1. The number of anilines is 1. The van der Waals surface area contributed by atoms with Gasteiger partial charge < -0.3 is 9.30 Å². The third-order valence-electron chi connectivity index (χ3n) is 2.22. The van der Waals surface area contributed by atoms with Crippen molar-refractivity contribution in [2.24, 2.45) is 12.9 Å². The summed E-state index contributed by atoms with van der Waals surface area (Å²) in [6.07, 6.45) is 0. The summed E-state index contributed by atoms with van der Waals surface area (Å²) < 4.78 is 7.00. The van der Waals surface area contributed by atoms with Gasteiger partial charge in [-0.2, -0.15) is 0 Å². The topological polar surface area (TPSA) is 65.1 Å². The molecule has 0 fully saturated rings. The number of nitrogens with two attached hydrogens (primary N) is 1. The monoisotopic (exact) mass is 192 g/mol. The lowest BCUT2D eigenvalue weighted by Crippen LogP contribution is -2.11. The Bertz CT molecular complexity index is 463. The molecule has 74 valence electrons. The zero-order chi connectivity index (χ0) is 10.1. The minimum atomic E-state index is 0.633. The molecule has 0 aliphatic carbocycles. The maximum atomic E-state index is 5.32. The Balaban J connectivity index is 2.68. The molecule has 1 aromatic heterocycles. The normalized spacial score (nSPS) is 10.5. The molecule has 2 rings (SSSR count). The Kier molecular flexibility index (Phi) is 2.01. The molecule has 0 spiro atoms. The summed E-state index contributed by atoms with van der Waals surface area (Å²) in [4.78, 5) is 4.28. The van der Waals surface area contributed by atoms with Crippen LogP contribution in [0.1, 0.15) is 0 Å². The van der Waals surface area contributed by atoms with Crippen LogP contribution in [0.3, 0.4) is 0 Å². The van der Waals surface area contributed by atoms with Crippen molar-refractivity contribution in [3.8, 4) is 5.75 Å². The van der Waals surface area contributed by atoms with Gasteiger partial charge in [-0.15, -0.1) is 0 Å². The van der Waals surface area contributed by atoms with Crippen LogP contribution in [0.5, 0.6) is 5.75 Å². The average molecular weight is 192 g/mol. The third kappa shape index (κ3) is 1.18. The molecule has 3 N–H and O–H groups in total. The molecular weight excluding hydrogens is 180 g/mol. The molecule has 0 saturated heterocycles. The molecule has 1 heterocycles. The molecule has 0 unspecified atom stereocenters. The minimum Gasteiger partial charge on any atom is -0.497 e. The Morgan fingerprint density at radius 3 is 2.93 bits per heavy atom. The molecule has 1 aromatic carbocycles. The zero-order valence-corrected chi connectivity index (χ0v) is 8.11. The number of fused-ring (bicyclic) bond motifs is 1. The van der Waals surface area contributed by atoms with Crippen molar-refractivity contribution in [1.82, 2.24) is 9.55 Å². The summed E-state index contributed by atoms with van der Waals surface area (Å²) in [5.41, 5.74) is 4.41. The number of hydrogen-bond donors (Lipinski definition) is 2. The van der Waals surface area contributed by atoms with E-state index in [1.807, 2.05) is 29.8 Å². The molecule has 0 radical (unpaired) electrons. The summed E-state index contributed by atoms with van der Waals surface area (Å²) in [7, 11) is 3.53. The van der Waals surface area contributed by atoms with Crippen molar-refractivity contribution in [2.75, 3.05) is 12.5 Å². The second kappa shape index (κ2) is 3.19. The molecule has 5 heteroatoms. The molecule has 0 atom stereocenters. The lowest BCUT2D eigenvalue weighted by molar-refractivity contribution is 0.415. The van der Waals surface area contributed by atoms with Gasteiger partial charge in [0.2, 0.25) is 5.95 Å². The third-order valence-corrected chi connectivity index (χ3v) is 2.22. The molecule has 0 aliphatic heterocycles. The lowest BCUT2D eigenvalue weighted by Gasteiger charge is -2.01. The number of hydrogen-bond acceptors (Lipinski definition) is 4. The van der Waals surface area contributed by atoms with Crippen LogP contribution in [0.2, 0.25) is 0 Å². The number of imidazole rings is 1. The number of aromatic nitrogens is 2. The van der Waals surface area contributed by atoms with E-state index < -0.39 is 0 Å². The van der Waals surface area contributed by atoms with Gasteiger partial charge >= 0.3 is 0 Å². The van der Waals surface area contributed by atoms with Gasteiger partial charge in [-0.05, 0) is 12.1 Å². The van der Waals surface area contributed by atoms with Gasteiger partial charge in [-0.25, -0.2) is 10.8 Å². The van der Waals surface area contributed by atoms with Crippen LogP contribution >= 0.6 is 0 Å². The number of rotatable bonds is 2. The standard InChI is InChI=1S/C9H12N4O/c1-13-8-5-6(14-2)3-4-7(8)11-9(13)12-10/h3-5H,10H2,1-2H3,(H,11,12). The molecule has 0 saturated carbocycles. The number of nitrogens with one attached hydrogen (secondary N) is 1. The minimum absolute atomic E-state index is 0.633. The molecule has 2 aromatic rings. The van der Waals surface area contributed by atoms with Crippen molar-refractivity contribution >= 4 is 17.0 Å². The Morgan fingerprint density at radius 2 is 2.29 bits per heavy atom. The molecule has 0 amide bonds. The number of methoxy groups -OCH3 is 1. The van der Waals surface area contributed by atoms with Crippen molar-refractivity contribution in [2.45, 2.75) is 0 Å². The predicted molar refractivity (Wildman–Crippen MR) is 55.1 cm³/mol. The quantitative estimate of drug-likeness (QED) is 0.547. The second-order valence-electron chi connectivity index (χ2n) is 2.99. The van der Waals surface area contributed by atoms with E-state index >= 15 is 0 Å². The molecule has 0 aliphatic rings. The summed E-state index contributed by atoms with van der Waals surface area (Å²) >= 11 is 0. The predicted octanol–water partition coefficient (Wildman–Crippen LogP) is 0.867. The fraction of sp³-hybridized carbons (Fsp3) is 0.222. The number of ether oxygens (including phenoxy) is 1. The van der Waals surface area contributed by atoms with E-state index in [4.69, 9.17) is 10.6 Å². The highest BCUT2D eigenvalue weighted by molar-refractivity contribution is 5.80. The molecule has 0 bridgehead atoms. The van der Waals surface area contributed by atoms with Gasteiger partial charge in [0, 0.05) is 13.1 Å². The fourth-order valence-electron chi connectivity index (χ4n) is 1.43. The number of benzene rings is 1. The SMILES string of the molecule is COc1ccc2nc(NN)n(C)c2c1. The van der Waals surface area contributed by atoms with E-state index in [0.29, 0.717) is 5.95 Å². The average Bonchev–Trinajstić information content (AvgIpc) is 2.55. The Morgan fingerprint density at radius 1 is 1.50 bits per heavy atom. The van der Waals surface area contributed by atoms with E-state index in [-0.39, 0.29) is 0 Å². The van der Waals surface area contributed by atoms with E-state index in [9.17, 15) is 0 Å². The summed E-state index contributed by atoms with van der Waals surface area (Å²) in [6, 6.07) is 5.69. The van der Waals surface area contributed by atoms with Crippen LogP contribution in [-0.4, -0.2) is 16.7 Å². The van der Waals surface area contributed by atoms with Crippen LogP contribution in [0.25, 0.3) is 11.0 Å². The first-order valence-electron chi connectivity index (χ1n) is 4.23. The lowest BCUT2D eigenvalue weighted by atomic mass is 10.3. The number of nitrogens with zero attached hydrogens (tertiary/aromatic N) is 2. The number of aryl methyl sites for hydroxylation is 1.